The molecule has 4 nitrogen and oxygen atoms in total. The third kappa shape index (κ3) is 5.44. The van der Waals surface area contributed by atoms with Crippen LogP contribution in [-0.2, 0) is 0 Å². The van der Waals surface area contributed by atoms with Crippen molar-refractivity contribution in [1.29, 1.82) is 0 Å². The summed E-state index contributed by atoms with van der Waals surface area (Å²) in [5.74, 6) is 0.548. The molecule has 0 spiro atoms. The Morgan fingerprint density at radius 2 is 1.04 bits per heavy atom. The van der Waals surface area contributed by atoms with Gasteiger partial charge in [-0.2, -0.15) is 0 Å². The number of allylic oxidation sites excluding steroid dienone is 4. The van der Waals surface area contributed by atoms with Gasteiger partial charge >= 0.3 is 0 Å². The molecular weight excluding hydrogens is 693 g/mol. The normalized spacial score (nSPS) is 15.5. The van der Waals surface area contributed by atoms with E-state index in [1.165, 1.54) is 65.9 Å². The molecule has 6 aromatic carbocycles. The molecule has 2 unspecified atom stereocenters. The van der Waals surface area contributed by atoms with Gasteiger partial charge in [-0.05, 0) is 107 Å². The predicted molar refractivity (Wildman–Crippen MR) is 237 cm³/mol. The lowest BCUT2D eigenvalue weighted by molar-refractivity contribution is 0.648. The summed E-state index contributed by atoms with van der Waals surface area (Å²) in [5, 5.41) is 4.95. The molecule has 10 aromatic rings. The van der Waals surface area contributed by atoms with Crippen LogP contribution in [0.25, 0.3) is 82.9 Å². The van der Waals surface area contributed by atoms with Gasteiger partial charge in [0.2, 0.25) is 0 Å². The first-order valence-electron chi connectivity index (χ1n) is 19.7. The Morgan fingerprint density at radius 3 is 1.72 bits per heavy atom. The van der Waals surface area contributed by atoms with E-state index in [1.54, 1.807) is 0 Å². The van der Waals surface area contributed by atoms with Gasteiger partial charge in [0.1, 0.15) is 0 Å². The lowest BCUT2D eigenvalue weighted by Gasteiger charge is -2.27. The fourth-order valence-electron chi connectivity index (χ4n) is 9.23. The topological polar surface area (TPSA) is 35.6 Å². The molecule has 0 radical (unpaired) electrons. The Bertz CT molecular complexity index is 3200. The van der Waals surface area contributed by atoms with E-state index in [0.29, 0.717) is 5.92 Å². The Labute approximate surface area is 331 Å². The number of hydrogen-bond donors (Lipinski definition) is 0. The molecule has 0 saturated carbocycles. The molecule has 4 heterocycles. The molecule has 0 aliphatic heterocycles. The van der Waals surface area contributed by atoms with Crippen LogP contribution in [0, 0.1) is 5.92 Å². The highest BCUT2D eigenvalue weighted by atomic mass is 15.0. The van der Waals surface area contributed by atoms with E-state index in [4.69, 9.17) is 4.98 Å². The zero-order valence-electron chi connectivity index (χ0n) is 31.5. The van der Waals surface area contributed by atoms with Gasteiger partial charge in [0, 0.05) is 56.8 Å². The van der Waals surface area contributed by atoms with E-state index in [2.05, 4.69) is 191 Å². The molecular formula is C53H38N4. The highest BCUT2D eigenvalue weighted by Gasteiger charge is 2.27. The van der Waals surface area contributed by atoms with Crippen molar-refractivity contribution in [2.75, 3.05) is 0 Å². The summed E-state index contributed by atoms with van der Waals surface area (Å²) in [4.78, 5) is 9.45. The number of hydrogen-bond acceptors (Lipinski definition) is 2. The summed E-state index contributed by atoms with van der Waals surface area (Å²) in [6, 6.07) is 61.4. The SMILES string of the molecule is CC1C=CC=C(c2ccccn2)C1c1ccc2c(c1)c1ccccc1n2-c1cccc(-n2c3ccccc3c3cc(-c4ccccc4-c4ccccn4)ccc32)c1. The van der Waals surface area contributed by atoms with E-state index in [1.807, 2.05) is 30.6 Å². The Hall–Kier alpha value is -7.30. The van der Waals surface area contributed by atoms with Crippen molar-refractivity contribution in [1.82, 2.24) is 19.1 Å². The monoisotopic (exact) mass is 730 g/mol. The molecule has 4 aromatic heterocycles. The van der Waals surface area contributed by atoms with Crippen LogP contribution >= 0.6 is 0 Å². The van der Waals surface area contributed by atoms with E-state index in [9.17, 15) is 0 Å². The van der Waals surface area contributed by atoms with Gasteiger partial charge in [-0.1, -0.05) is 116 Å². The molecule has 11 rings (SSSR count). The van der Waals surface area contributed by atoms with Crippen molar-refractivity contribution in [3.05, 3.63) is 212 Å². The maximum absolute atomic E-state index is 4.76. The highest BCUT2D eigenvalue weighted by Crippen LogP contribution is 2.43. The molecule has 0 saturated heterocycles. The first kappa shape index (κ1) is 33.1. The van der Waals surface area contributed by atoms with Crippen molar-refractivity contribution in [3.8, 4) is 33.8 Å². The number of para-hydroxylation sites is 2. The molecule has 1 aliphatic rings. The molecule has 0 N–H and O–H groups in total. The van der Waals surface area contributed by atoms with Crippen LogP contribution in [-0.4, -0.2) is 19.1 Å². The second-order valence-corrected chi connectivity index (χ2v) is 15.1. The molecule has 0 bridgehead atoms. The van der Waals surface area contributed by atoms with Gasteiger partial charge in [-0.25, -0.2) is 0 Å². The minimum absolute atomic E-state index is 0.207. The number of nitrogens with zero attached hydrogens (tertiary/aromatic N) is 4. The van der Waals surface area contributed by atoms with E-state index in [-0.39, 0.29) is 5.92 Å². The fraction of sp³-hybridized carbons (Fsp3) is 0.0566. The van der Waals surface area contributed by atoms with Gasteiger partial charge in [0.05, 0.1) is 33.5 Å². The maximum atomic E-state index is 4.76. The van der Waals surface area contributed by atoms with E-state index >= 15 is 0 Å². The standard InChI is InChI=1S/C53H38N4/c1-35-14-12-21-44(48-23-9-11-31-55-48)53(35)37-27-29-52-46(33-37)43-20-5-7-25-50(43)57(52)39-16-13-15-38(34-39)56-49-24-6-4-19-42(49)45-32-36(26-28-51(45)56)40-17-2-3-18-41(40)47-22-8-10-30-54-47/h2-35,53H,1H3. The predicted octanol–water partition coefficient (Wildman–Crippen LogP) is 13.4. The average molecular weight is 731 g/mol. The quantitative estimate of drug-likeness (QED) is 0.171. The van der Waals surface area contributed by atoms with Crippen molar-refractivity contribution < 1.29 is 0 Å². The molecule has 1 aliphatic carbocycles. The van der Waals surface area contributed by atoms with Crippen LogP contribution in [0.3, 0.4) is 0 Å². The molecule has 4 heteroatoms. The lowest BCUT2D eigenvalue weighted by atomic mass is 9.77. The number of aromatic nitrogens is 4. The van der Waals surface area contributed by atoms with Gasteiger partial charge in [-0.15, -0.1) is 0 Å². The van der Waals surface area contributed by atoms with Crippen LogP contribution in [0.5, 0.6) is 0 Å². The maximum Gasteiger partial charge on any atom is 0.0708 e. The number of rotatable bonds is 6. The van der Waals surface area contributed by atoms with E-state index in [0.717, 1.165) is 28.3 Å². The number of fused-ring (bicyclic) bond motifs is 6. The number of pyridine rings is 2. The van der Waals surface area contributed by atoms with Gasteiger partial charge in [-0.3, -0.25) is 9.97 Å². The minimum atomic E-state index is 0.207. The summed E-state index contributed by atoms with van der Waals surface area (Å²) < 4.78 is 4.84. The number of benzene rings is 6. The van der Waals surface area contributed by atoms with Crippen molar-refractivity contribution in [3.63, 3.8) is 0 Å². The molecule has 57 heavy (non-hydrogen) atoms. The third-order valence-electron chi connectivity index (χ3n) is 11.8. The average Bonchev–Trinajstić information content (AvgIpc) is 3.79. The van der Waals surface area contributed by atoms with Crippen LogP contribution in [0.1, 0.15) is 24.1 Å². The Kier molecular flexibility index (Phi) is 7.82. The summed E-state index contributed by atoms with van der Waals surface area (Å²) in [6.45, 7) is 2.31. The largest absolute Gasteiger partial charge is 0.309 e. The van der Waals surface area contributed by atoms with E-state index < -0.39 is 0 Å². The zero-order valence-corrected chi connectivity index (χ0v) is 31.5. The van der Waals surface area contributed by atoms with Crippen molar-refractivity contribution in [2.45, 2.75) is 12.8 Å². The summed E-state index contributed by atoms with van der Waals surface area (Å²) in [6.07, 6.45) is 10.5. The second-order valence-electron chi connectivity index (χ2n) is 15.1. The van der Waals surface area contributed by atoms with Crippen molar-refractivity contribution >= 4 is 49.2 Å². The fourth-order valence-corrected chi connectivity index (χ4v) is 9.23. The van der Waals surface area contributed by atoms with Gasteiger partial charge in [0.15, 0.2) is 0 Å². The van der Waals surface area contributed by atoms with Gasteiger partial charge < -0.3 is 9.13 Å². The smallest absolute Gasteiger partial charge is 0.0708 e. The van der Waals surface area contributed by atoms with Crippen LogP contribution in [0.15, 0.2) is 200 Å². The molecule has 2 atom stereocenters. The summed E-state index contributed by atoms with van der Waals surface area (Å²) in [7, 11) is 0. The lowest BCUT2D eigenvalue weighted by Crippen LogP contribution is -2.13. The zero-order chi connectivity index (χ0) is 37.9. The first-order valence-corrected chi connectivity index (χ1v) is 19.7. The molecule has 0 amide bonds. The summed E-state index contributed by atoms with van der Waals surface area (Å²) in [5.41, 5.74) is 15.0. The van der Waals surface area contributed by atoms with Crippen molar-refractivity contribution in [2.24, 2.45) is 5.92 Å². The Balaban J connectivity index is 1.05. The highest BCUT2D eigenvalue weighted by molar-refractivity contribution is 6.12. The van der Waals surface area contributed by atoms with Crippen LogP contribution < -0.4 is 0 Å². The minimum Gasteiger partial charge on any atom is -0.309 e. The molecule has 270 valence electrons. The Morgan fingerprint density at radius 1 is 0.456 bits per heavy atom. The van der Waals surface area contributed by atoms with Gasteiger partial charge in [0.25, 0.3) is 0 Å². The molecule has 0 fully saturated rings. The van der Waals surface area contributed by atoms with Crippen LogP contribution in [0.2, 0.25) is 0 Å². The third-order valence-corrected chi connectivity index (χ3v) is 11.8. The first-order chi connectivity index (χ1) is 28.2. The van der Waals surface area contributed by atoms with Crippen LogP contribution in [0.4, 0.5) is 0 Å². The summed E-state index contributed by atoms with van der Waals surface area (Å²) >= 11 is 0. The second kappa shape index (κ2) is 13.5.